The van der Waals surface area contributed by atoms with Gasteiger partial charge in [-0.1, -0.05) is 0 Å². The molecule has 0 fully saturated rings. The van der Waals surface area contributed by atoms with Crippen molar-refractivity contribution in [2.24, 2.45) is 0 Å². The van der Waals surface area contributed by atoms with E-state index in [1.165, 1.54) is 11.3 Å². The van der Waals surface area contributed by atoms with Crippen LogP contribution >= 0.6 is 11.3 Å². The summed E-state index contributed by atoms with van der Waals surface area (Å²) < 4.78 is 0. The highest BCUT2D eigenvalue weighted by atomic mass is 32.1. The van der Waals surface area contributed by atoms with E-state index in [2.05, 4.69) is 11.9 Å². The molecule has 3 heteroatoms. The van der Waals surface area contributed by atoms with Crippen LogP contribution in [0, 0.1) is 6.92 Å². The van der Waals surface area contributed by atoms with E-state index in [4.69, 9.17) is 0 Å². The fourth-order valence-electron chi connectivity index (χ4n) is 0.703. The average molecular weight is 170 g/mol. The van der Waals surface area contributed by atoms with Gasteiger partial charge in [0.2, 0.25) is 0 Å². The van der Waals surface area contributed by atoms with Crippen LogP contribution in [0.2, 0.25) is 0 Å². The molecule has 1 aromatic heterocycles. The van der Waals surface area contributed by atoms with Gasteiger partial charge in [0.15, 0.2) is 0 Å². The van der Waals surface area contributed by atoms with E-state index in [0.29, 0.717) is 6.42 Å². The second kappa shape index (κ2) is 2.91. The molecule has 0 aliphatic carbocycles. The normalized spacial score (nSPS) is 12.0. The molecule has 0 spiro atoms. The standard InChI is InChI=1S/C8H12NOS/c1-4-6-5-11-7(9-6)8(2,3)10/h5,10H,1,4H2,2-3H3. The zero-order valence-electron chi connectivity index (χ0n) is 6.79. The van der Waals surface area contributed by atoms with Gasteiger partial charge in [0, 0.05) is 5.38 Å². The topological polar surface area (TPSA) is 33.1 Å². The second-order valence-corrected chi connectivity index (χ2v) is 3.81. The van der Waals surface area contributed by atoms with Crippen LogP contribution in [0.15, 0.2) is 5.38 Å². The summed E-state index contributed by atoms with van der Waals surface area (Å²) in [6.45, 7) is 7.18. The third kappa shape index (κ3) is 2.01. The van der Waals surface area contributed by atoms with Gasteiger partial charge < -0.3 is 5.11 Å². The Balaban J connectivity index is 2.89. The number of thiazole rings is 1. The lowest BCUT2D eigenvalue weighted by Gasteiger charge is -2.12. The number of hydrogen-bond acceptors (Lipinski definition) is 3. The molecular formula is C8H12NOS. The van der Waals surface area contributed by atoms with Crippen LogP contribution in [0.25, 0.3) is 0 Å². The van der Waals surface area contributed by atoms with Crippen LogP contribution in [0.5, 0.6) is 0 Å². The van der Waals surface area contributed by atoms with Crippen molar-refractivity contribution >= 4 is 11.3 Å². The minimum Gasteiger partial charge on any atom is -0.383 e. The van der Waals surface area contributed by atoms with Gasteiger partial charge in [0.05, 0.1) is 5.69 Å². The first kappa shape index (κ1) is 8.68. The van der Waals surface area contributed by atoms with Gasteiger partial charge in [-0.15, -0.1) is 11.3 Å². The number of aliphatic hydroxyl groups is 1. The summed E-state index contributed by atoms with van der Waals surface area (Å²) >= 11 is 1.48. The van der Waals surface area contributed by atoms with E-state index in [1.54, 1.807) is 13.8 Å². The third-order valence-corrected chi connectivity index (χ3v) is 2.54. The Kier molecular flexibility index (Phi) is 2.30. The van der Waals surface area contributed by atoms with Crippen LogP contribution in [0.4, 0.5) is 0 Å². The molecule has 0 saturated heterocycles. The maximum absolute atomic E-state index is 9.53. The van der Waals surface area contributed by atoms with Crippen molar-refractivity contribution in [3.05, 3.63) is 23.0 Å². The van der Waals surface area contributed by atoms with Crippen molar-refractivity contribution in [2.45, 2.75) is 25.9 Å². The lowest BCUT2D eigenvalue weighted by atomic mass is 10.1. The Bertz CT molecular complexity index is 236. The minimum absolute atomic E-state index is 0.687. The van der Waals surface area contributed by atoms with Crippen LogP contribution < -0.4 is 0 Å². The van der Waals surface area contributed by atoms with Gasteiger partial charge >= 0.3 is 0 Å². The molecule has 0 bridgehead atoms. The predicted molar refractivity (Wildman–Crippen MR) is 46.4 cm³/mol. The molecule has 0 atom stereocenters. The van der Waals surface area contributed by atoms with Crippen molar-refractivity contribution < 1.29 is 5.11 Å². The molecule has 11 heavy (non-hydrogen) atoms. The summed E-state index contributed by atoms with van der Waals surface area (Å²) in [5.41, 5.74) is 0.144. The van der Waals surface area contributed by atoms with Crippen LogP contribution in [-0.4, -0.2) is 10.1 Å². The van der Waals surface area contributed by atoms with E-state index < -0.39 is 5.60 Å². The molecule has 61 valence electrons. The van der Waals surface area contributed by atoms with E-state index in [9.17, 15) is 5.11 Å². The van der Waals surface area contributed by atoms with E-state index in [-0.39, 0.29) is 0 Å². The van der Waals surface area contributed by atoms with Gasteiger partial charge in [0.25, 0.3) is 0 Å². The quantitative estimate of drug-likeness (QED) is 0.733. The van der Waals surface area contributed by atoms with Crippen molar-refractivity contribution in [2.75, 3.05) is 0 Å². The average Bonchev–Trinajstić information content (AvgIpc) is 2.32. The summed E-state index contributed by atoms with van der Waals surface area (Å²) in [4.78, 5) is 4.21. The van der Waals surface area contributed by atoms with Crippen LogP contribution in [0.3, 0.4) is 0 Å². The number of nitrogens with zero attached hydrogens (tertiary/aromatic N) is 1. The molecule has 0 aliphatic heterocycles. The summed E-state index contributed by atoms with van der Waals surface area (Å²) in [7, 11) is 0. The van der Waals surface area contributed by atoms with Gasteiger partial charge in [-0.2, -0.15) is 0 Å². The molecule has 1 N–H and O–H groups in total. The minimum atomic E-state index is -0.807. The van der Waals surface area contributed by atoms with Gasteiger partial charge in [-0.3, -0.25) is 0 Å². The summed E-state index contributed by atoms with van der Waals surface area (Å²) in [5, 5.41) is 12.2. The summed E-state index contributed by atoms with van der Waals surface area (Å²) in [5.74, 6) is 0. The largest absolute Gasteiger partial charge is 0.383 e. The monoisotopic (exact) mass is 170 g/mol. The van der Waals surface area contributed by atoms with Gasteiger partial charge in [0.1, 0.15) is 10.6 Å². The van der Waals surface area contributed by atoms with E-state index in [1.807, 2.05) is 5.38 Å². The van der Waals surface area contributed by atoms with Gasteiger partial charge in [-0.05, 0) is 27.2 Å². The third-order valence-electron chi connectivity index (χ3n) is 1.33. The highest BCUT2D eigenvalue weighted by Crippen LogP contribution is 2.23. The Morgan fingerprint density at radius 2 is 2.36 bits per heavy atom. The lowest BCUT2D eigenvalue weighted by Crippen LogP contribution is -2.14. The molecule has 1 heterocycles. The van der Waals surface area contributed by atoms with Crippen LogP contribution in [-0.2, 0) is 12.0 Å². The number of rotatable bonds is 2. The maximum atomic E-state index is 9.53. The molecule has 1 rings (SSSR count). The van der Waals surface area contributed by atoms with Crippen molar-refractivity contribution in [1.29, 1.82) is 0 Å². The number of hydrogen-bond donors (Lipinski definition) is 1. The first-order valence-electron chi connectivity index (χ1n) is 3.50. The Labute approximate surface area is 70.9 Å². The number of aromatic nitrogens is 1. The molecule has 0 amide bonds. The molecular weight excluding hydrogens is 158 g/mol. The van der Waals surface area contributed by atoms with E-state index >= 15 is 0 Å². The first-order valence-corrected chi connectivity index (χ1v) is 4.38. The predicted octanol–water partition coefficient (Wildman–Crippen LogP) is 1.75. The smallest absolute Gasteiger partial charge is 0.124 e. The van der Waals surface area contributed by atoms with Crippen molar-refractivity contribution in [3.63, 3.8) is 0 Å². The molecule has 1 radical (unpaired) electrons. The Morgan fingerprint density at radius 3 is 2.64 bits per heavy atom. The van der Waals surface area contributed by atoms with Crippen molar-refractivity contribution in [3.8, 4) is 0 Å². The van der Waals surface area contributed by atoms with Crippen LogP contribution in [0.1, 0.15) is 24.5 Å². The highest BCUT2D eigenvalue weighted by molar-refractivity contribution is 7.09. The molecule has 0 aliphatic rings. The molecule has 0 saturated carbocycles. The molecule has 0 unspecified atom stereocenters. The maximum Gasteiger partial charge on any atom is 0.124 e. The molecule has 0 aromatic carbocycles. The van der Waals surface area contributed by atoms with Crippen molar-refractivity contribution in [1.82, 2.24) is 4.98 Å². The van der Waals surface area contributed by atoms with Gasteiger partial charge in [-0.25, -0.2) is 4.98 Å². The summed E-state index contributed by atoms with van der Waals surface area (Å²) in [6, 6.07) is 0. The fraction of sp³-hybridized carbons (Fsp3) is 0.500. The molecule has 2 nitrogen and oxygen atoms in total. The molecule has 1 aromatic rings. The fourth-order valence-corrected chi connectivity index (χ4v) is 1.58. The Morgan fingerprint density at radius 1 is 1.73 bits per heavy atom. The zero-order chi connectivity index (χ0) is 8.48. The summed E-state index contributed by atoms with van der Waals surface area (Å²) in [6.07, 6.45) is 0.687. The Hall–Kier alpha value is -0.410. The van der Waals surface area contributed by atoms with E-state index in [0.717, 1.165) is 10.7 Å². The lowest BCUT2D eigenvalue weighted by molar-refractivity contribution is 0.0781. The second-order valence-electron chi connectivity index (χ2n) is 2.95. The zero-order valence-corrected chi connectivity index (χ0v) is 7.61. The first-order chi connectivity index (χ1) is 5.04. The highest BCUT2D eigenvalue weighted by Gasteiger charge is 2.19. The SMILES string of the molecule is [CH2]Cc1csc(C(C)(C)O)n1.